The molecule has 2 aromatic rings. The molecule has 1 aliphatic rings. The second kappa shape index (κ2) is 5.59. The molecule has 0 saturated carbocycles. The number of aromatic amines is 1. The number of piperidine rings is 1. The van der Waals surface area contributed by atoms with Crippen LogP contribution in [0.1, 0.15) is 31.2 Å². The Balaban J connectivity index is 1.82. The van der Waals surface area contributed by atoms with Crippen LogP contribution in [-0.4, -0.2) is 47.9 Å². The fraction of sp³-hybridized carbons (Fsp3) is 0.533. The Kier molecular flexibility index (Phi) is 3.87. The van der Waals surface area contributed by atoms with Crippen LogP contribution in [0.2, 0.25) is 0 Å². The first-order chi connectivity index (χ1) is 10.8. The van der Waals surface area contributed by atoms with Crippen molar-refractivity contribution < 1.29 is 8.42 Å². The third-order valence-corrected chi connectivity index (χ3v) is 5.70. The SMILES string of the molecule is Cc1cc(N2CCC(C)(c3[nH]ncc3S(C)(=O)=O)CC2)ncn1. The molecule has 0 atom stereocenters. The van der Waals surface area contributed by atoms with Crippen molar-refractivity contribution in [2.45, 2.75) is 37.0 Å². The van der Waals surface area contributed by atoms with Gasteiger partial charge in [0.1, 0.15) is 17.0 Å². The third kappa shape index (κ3) is 3.08. The van der Waals surface area contributed by atoms with Crippen LogP contribution in [0.25, 0.3) is 0 Å². The number of nitrogens with one attached hydrogen (secondary N) is 1. The lowest BCUT2D eigenvalue weighted by Crippen LogP contribution is -2.42. The van der Waals surface area contributed by atoms with Crippen molar-refractivity contribution in [2.75, 3.05) is 24.2 Å². The summed E-state index contributed by atoms with van der Waals surface area (Å²) in [5.41, 5.74) is 1.43. The van der Waals surface area contributed by atoms with E-state index in [4.69, 9.17) is 0 Å². The summed E-state index contributed by atoms with van der Waals surface area (Å²) in [6.45, 7) is 5.67. The summed E-state index contributed by atoms with van der Waals surface area (Å²) in [5.74, 6) is 0.924. The van der Waals surface area contributed by atoms with Gasteiger partial charge in [-0.2, -0.15) is 5.10 Å². The lowest BCUT2D eigenvalue weighted by Gasteiger charge is -2.39. The summed E-state index contributed by atoms with van der Waals surface area (Å²) in [6.07, 6.45) is 5.89. The highest BCUT2D eigenvalue weighted by molar-refractivity contribution is 7.90. The van der Waals surface area contributed by atoms with Gasteiger partial charge in [-0.05, 0) is 19.8 Å². The molecule has 1 N–H and O–H groups in total. The van der Waals surface area contributed by atoms with Crippen LogP contribution in [0, 0.1) is 6.92 Å². The Morgan fingerprint density at radius 3 is 2.57 bits per heavy atom. The maximum atomic E-state index is 11.9. The van der Waals surface area contributed by atoms with Crippen LogP contribution in [0.5, 0.6) is 0 Å². The van der Waals surface area contributed by atoms with Crippen LogP contribution in [0.4, 0.5) is 5.82 Å². The quantitative estimate of drug-likeness (QED) is 0.913. The van der Waals surface area contributed by atoms with E-state index in [0.29, 0.717) is 4.90 Å². The summed E-state index contributed by atoms with van der Waals surface area (Å²) in [4.78, 5) is 11.0. The molecule has 0 radical (unpaired) electrons. The summed E-state index contributed by atoms with van der Waals surface area (Å²) < 4.78 is 23.9. The molecule has 0 amide bonds. The van der Waals surface area contributed by atoms with Crippen molar-refractivity contribution in [3.63, 3.8) is 0 Å². The van der Waals surface area contributed by atoms with Gasteiger partial charge in [0, 0.05) is 36.5 Å². The minimum atomic E-state index is -3.28. The van der Waals surface area contributed by atoms with Gasteiger partial charge in [0.15, 0.2) is 9.84 Å². The van der Waals surface area contributed by atoms with E-state index in [0.717, 1.165) is 43.1 Å². The summed E-state index contributed by atoms with van der Waals surface area (Å²) in [7, 11) is -3.28. The lowest BCUT2D eigenvalue weighted by atomic mass is 9.77. The molecule has 7 nitrogen and oxygen atoms in total. The number of hydrogen-bond acceptors (Lipinski definition) is 6. The highest BCUT2D eigenvalue weighted by atomic mass is 32.2. The molecule has 124 valence electrons. The monoisotopic (exact) mass is 335 g/mol. The van der Waals surface area contributed by atoms with Crippen LogP contribution in [0.3, 0.4) is 0 Å². The van der Waals surface area contributed by atoms with E-state index < -0.39 is 9.84 Å². The zero-order chi connectivity index (χ0) is 16.7. The van der Waals surface area contributed by atoms with Gasteiger partial charge in [0.2, 0.25) is 0 Å². The summed E-state index contributed by atoms with van der Waals surface area (Å²) in [6, 6.07) is 1.97. The molecule has 1 fully saturated rings. The molecule has 0 unspecified atom stereocenters. The Morgan fingerprint density at radius 1 is 1.26 bits per heavy atom. The van der Waals surface area contributed by atoms with E-state index in [1.807, 2.05) is 13.0 Å². The number of aromatic nitrogens is 4. The number of aryl methyl sites for hydroxylation is 1. The highest BCUT2D eigenvalue weighted by Gasteiger charge is 2.37. The number of anilines is 1. The second-order valence-electron chi connectivity index (χ2n) is 6.45. The largest absolute Gasteiger partial charge is 0.356 e. The van der Waals surface area contributed by atoms with E-state index in [9.17, 15) is 8.42 Å². The average molecular weight is 335 g/mol. The van der Waals surface area contributed by atoms with Crippen LogP contribution < -0.4 is 4.90 Å². The molecule has 0 bridgehead atoms. The molecule has 8 heteroatoms. The lowest BCUT2D eigenvalue weighted by molar-refractivity contribution is 0.346. The minimum Gasteiger partial charge on any atom is -0.356 e. The van der Waals surface area contributed by atoms with E-state index in [2.05, 4.69) is 32.0 Å². The van der Waals surface area contributed by atoms with Gasteiger partial charge >= 0.3 is 0 Å². The van der Waals surface area contributed by atoms with Crippen molar-refractivity contribution in [3.8, 4) is 0 Å². The standard InChI is InChI=1S/C15H21N5O2S/c1-11-8-13(17-10-16-11)20-6-4-15(2,5-7-20)14-12(9-18-19-14)23(3,21)22/h8-10H,4-7H2,1-3H3,(H,18,19). The van der Waals surface area contributed by atoms with Crippen LogP contribution >= 0.6 is 0 Å². The predicted molar refractivity (Wildman–Crippen MR) is 87.3 cm³/mol. The summed E-state index contributed by atoms with van der Waals surface area (Å²) >= 11 is 0. The Morgan fingerprint density at radius 2 is 1.96 bits per heavy atom. The predicted octanol–water partition coefficient (Wildman–Crippen LogP) is 1.47. The van der Waals surface area contributed by atoms with Gasteiger partial charge in [0.05, 0.1) is 11.9 Å². The van der Waals surface area contributed by atoms with E-state index in [-0.39, 0.29) is 5.41 Å². The zero-order valence-electron chi connectivity index (χ0n) is 13.6. The number of sulfone groups is 1. The van der Waals surface area contributed by atoms with Gasteiger partial charge in [-0.3, -0.25) is 5.10 Å². The Hall–Kier alpha value is -1.96. The average Bonchev–Trinajstić information content (AvgIpc) is 2.98. The van der Waals surface area contributed by atoms with Crippen molar-refractivity contribution in [1.29, 1.82) is 0 Å². The van der Waals surface area contributed by atoms with Crippen molar-refractivity contribution in [2.24, 2.45) is 0 Å². The topological polar surface area (TPSA) is 91.8 Å². The van der Waals surface area contributed by atoms with Crippen LogP contribution in [0.15, 0.2) is 23.5 Å². The first-order valence-corrected chi connectivity index (χ1v) is 9.46. The number of hydrogen-bond donors (Lipinski definition) is 1. The van der Waals surface area contributed by atoms with Crippen molar-refractivity contribution in [1.82, 2.24) is 20.2 Å². The normalized spacial score (nSPS) is 18.1. The highest BCUT2D eigenvalue weighted by Crippen LogP contribution is 2.37. The molecule has 23 heavy (non-hydrogen) atoms. The molecule has 2 aromatic heterocycles. The molecular formula is C15H21N5O2S. The Bertz CT molecular complexity index is 807. The summed E-state index contributed by atoms with van der Waals surface area (Å²) in [5, 5.41) is 6.87. The molecule has 1 aliphatic heterocycles. The molecule has 3 rings (SSSR count). The first-order valence-electron chi connectivity index (χ1n) is 7.57. The Labute approximate surface area is 136 Å². The molecular weight excluding hydrogens is 314 g/mol. The van der Waals surface area contributed by atoms with Gasteiger partial charge < -0.3 is 4.90 Å². The molecule has 0 aliphatic carbocycles. The third-order valence-electron chi connectivity index (χ3n) is 4.59. The van der Waals surface area contributed by atoms with Gasteiger partial charge in [-0.15, -0.1) is 0 Å². The fourth-order valence-corrected chi connectivity index (χ4v) is 3.99. The fourth-order valence-electron chi connectivity index (χ4n) is 3.08. The number of H-pyrrole nitrogens is 1. The van der Waals surface area contributed by atoms with E-state index in [1.165, 1.54) is 12.5 Å². The minimum absolute atomic E-state index is 0.229. The van der Waals surface area contributed by atoms with E-state index >= 15 is 0 Å². The van der Waals surface area contributed by atoms with Gasteiger partial charge in [0.25, 0.3) is 0 Å². The zero-order valence-corrected chi connectivity index (χ0v) is 14.4. The van der Waals surface area contributed by atoms with Crippen molar-refractivity contribution in [3.05, 3.63) is 30.0 Å². The molecule has 3 heterocycles. The van der Waals surface area contributed by atoms with Crippen LogP contribution in [-0.2, 0) is 15.3 Å². The maximum absolute atomic E-state index is 11.9. The smallest absolute Gasteiger partial charge is 0.178 e. The van der Waals surface area contributed by atoms with Gasteiger partial charge in [-0.1, -0.05) is 6.92 Å². The second-order valence-corrected chi connectivity index (χ2v) is 8.43. The molecule has 1 saturated heterocycles. The number of nitrogens with zero attached hydrogens (tertiary/aromatic N) is 4. The van der Waals surface area contributed by atoms with E-state index in [1.54, 1.807) is 6.33 Å². The molecule has 0 aromatic carbocycles. The number of rotatable bonds is 3. The first kappa shape index (κ1) is 15.9. The maximum Gasteiger partial charge on any atom is 0.178 e. The van der Waals surface area contributed by atoms with Gasteiger partial charge in [-0.25, -0.2) is 18.4 Å². The van der Waals surface area contributed by atoms with Crippen molar-refractivity contribution >= 4 is 15.7 Å². The molecule has 0 spiro atoms.